The van der Waals surface area contributed by atoms with E-state index in [1.165, 1.54) is 21.7 Å². The molecule has 150 valence electrons. The first-order chi connectivity index (χ1) is 13.3. The fourth-order valence-corrected chi connectivity index (χ4v) is 5.98. The van der Waals surface area contributed by atoms with Crippen molar-refractivity contribution in [1.82, 2.24) is 9.29 Å². The third-order valence-corrected chi connectivity index (χ3v) is 7.81. The Bertz CT molecular complexity index is 1020. The molecule has 3 heterocycles. The Morgan fingerprint density at radius 2 is 2.25 bits per heavy atom. The van der Waals surface area contributed by atoms with Crippen LogP contribution in [0.5, 0.6) is 0 Å². The second-order valence-corrected chi connectivity index (χ2v) is 9.97. The molecule has 1 saturated heterocycles. The van der Waals surface area contributed by atoms with Gasteiger partial charge in [0.1, 0.15) is 11.9 Å². The average molecular weight is 446 g/mol. The van der Waals surface area contributed by atoms with Crippen LogP contribution >= 0.6 is 22.9 Å². The van der Waals surface area contributed by atoms with Crippen LogP contribution in [0.25, 0.3) is 0 Å². The molecule has 0 radical (unpaired) electrons. The maximum Gasteiger partial charge on any atom is 0.255 e. The fourth-order valence-electron chi connectivity index (χ4n) is 3.19. The van der Waals surface area contributed by atoms with E-state index in [9.17, 15) is 17.6 Å². The lowest BCUT2D eigenvalue weighted by atomic mass is 10.2. The van der Waals surface area contributed by atoms with E-state index in [1.807, 2.05) is 0 Å². The SMILES string of the molecule is O=C(Nc1nc2c(s1)CN(S(=O)(=O)c1ccc(F)c(Cl)c1)CC2)[C@H]1CCCO1. The molecule has 0 spiro atoms. The third kappa shape index (κ3) is 3.79. The molecule has 1 amide bonds. The van der Waals surface area contributed by atoms with Gasteiger partial charge in [-0.15, -0.1) is 11.3 Å². The topological polar surface area (TPSA) is 88.6 Å². The Morgan fingerprint density at radius 3 is 2.96 bits per heavy atom. The number of thiazole rings is 1. The Morgan fingerprint density at radius 1 is 1.43 bits per heavy atom. The largest absolute Gasteiger partial charge is 0.368 e. The normalized spacial score (nSPS) is 20.1. The lowest BCUT2D eigenvalue weighted by molar-refractivity contribution is -0.124. The van der Waals surface area contributed by atoms with Gasteiger partial charge in [-0.1, -0.05) is 11.6 Å². The Kier molecular flexibility index (Phi) is 5.41. The van der Waals surface area contributed by atoms with Crippen LogP contribution in [0.3, 0.4) is 0 Å². The van der Waals surface area contributed by atoms with Crippen molar-refractivity contribution in [3.63, 3.8) is 0 Å². The smallest absolute Gasteiger partial charge is 0.255 e. The van der Waals surface area contributed by atoms with Gasteiger partial charge in [-0.25, -0.2) is 17.8 Å². The van der Waals surface area contributed by atoms with Gasteiger partial charge < -0.3 is 4.74 Å². The van der Waals surface area contributed by atoms with E-state index in [0.717, 1.165) is 29.1 Å². The number of carbonyl (C=O) groups excluding carboxylic acids is 1. The van der Waals surface area contributed by atoms with Crippen LogP contribution in [0, 0.1) is 5.82 Å². The number of rotatable bonds is 4. The number of fused-ring (bicyclic) bond motifs is 1. The lowest BCUT2D eigenvalue weighted by Crippen LogP contribution is -2.35. The highest BCUT2D eigenvalue weighted by atomic mass is 35.5. The van der Waals surface area contributed by atoms with Gasteiger partial charge in [-0.05, 0) is 31.0 Å². The van der Waals surface area contributed by atoms with Crippen molar-refractivity contribution in [2.45, 2.75) is 36.8 Å². The summed E-state index contributed by atoms with van der Waals surface area (Å²) in [6, 6.07) is 3.35. The van der Waals surface area contributed by atoms with Crippen molar-refractivity contribution in [1.29, 1.82) is 0 Å². The van der Waals surface area contributed by atoms with Gasteiger partial charge >= 0.3 is 0 Å². The molecule has 2 aliphatic heterocycles. The Balaban J connectivity index is 1.50. The number of amides is 1. The lowest BCUT2D eigenvalue weighted by Gasteiger charge is -2.25. The number of nitrogens with zero attached hydrogens (tertiary/aromatic N) is 2. The van der Waals surface area contributed by atoms with Crippen molar-refractivity contribution < 1.29 is 22.3 Å². The summed E-state index contributed by atoms with van der Waals surface area (Å²) >= 11 is 6.98. The summed E-state index contributed by atoms with van der Waals surface area (Å²) in [5.41, 5.74) is 0.774. The van der Waals surface area contributed by atoms with Crippen LogP contribution < -0.4 is 5.32 Å². The first-order valence-corrected chi connectivity index (χ1v) is 11.3. The average Bonchev–Trinajstić information content (AvgIpc) is 3.32. The number of carbonyl (C=O) groups is 1. The van der Waals surface area contributed by atoms with Crippen LogP contribution in [-0.4, -0.2) is 42.9 Å². The molecule has 0 aliphatic carbocycles. The molecular weight excluding hydrogens is 429 g/mol. The van der Waals surface area contributed by atoms with Crippen LogP contribution in [0.4, 0.5) is 9.52 Å². The quantitative estimate of drug-likeness (QED) is 0.781. The van der Waals surface area contributed by atoms with Crippen molar-refractivity contribution >= 4 is 44.0 Å². The zero-order chi connectivity index (χ0) is 19.9. The van der Waals surface area contributed by atoms with E-state index in [2.05, 4.69) is 10.3 Å². The predicted octanol–water partition coefficient (Wildman–Crippen LogP) is 2.80. The van der Waals surface area contributed by atoms with Gasteiger partial charge in [-0.3, -0.25) is 10.1 Å². The number of hydrogen-bond donors (Lipinski definition) is 1. The van der Waals surface area contributed by atoms with Crippen LogP contribution in [0.2, 0.25) is 5.02 Å². The van der Waals surface area contributed by atoms with E-state index >= 15 is 0 Å². The molecule has 2 aliphatic rings. The maximum absolute atomic E-state index is 13.4. The summed E-state index contributed by atoms with van der Waals surface area (Å²) in [6.07, 6.45) is 1.51. The van der Waals surface area contributed by atoms with Crippen molar-refractivity contribution in [2.75, 3.05) is 18.5 Å². The van der Waals surface area contributed by atoms with Crippen LogP contribution in [0.15, 0.2) is 23.1 Å². The standard InChI is InChI=1S/C17H17ClFN3O4S2/c18-11-8-10(3-4-12(11)19)28(24,25)22-6-5-13-15(9-22)27-17(20-13)21-16(23)14-2-1-7-26-14/h3-4,8,14H,1-2,5-7,9H2,(H,20,21,23)/t14-/m1/s1. The van der Waals surface area contributed by atoms with Gasteiger partial charge in [0.25, 0.3) is 5.91 Å². The minimum atomic E-state index is -3.82. The molecular formula is C17H17ClFN3O4S2. The van der Waals surface area contributed by atoms with Crippen molar-refractivity contribution in [2.24, 2.45) is 0 Å². The molecule has 4 rings (SSSR count). The molecule has 0 unspecified atom stereocenters. The van der Waals surface area contributed by atoms with Gasteiger partial charge in [0.2, 0.25) is 10.0 Å². The molecule has 28 heavy (non-hydrogen) atoms. The number of nitrogens with one attached hydrogen (secondary N) is 1. The number of halogens is 2. The van der Waals surface area contributed by atoms with Crippen LogP contribution in [0.1, 0.15) is 23.4 Å². The summed E-state index contributed by atoms with van der Waals surface area (Å²) in [5.74, 6) is -0.898. The summed E-state index contributed by atoms with van der Waals surface area (Å²) in [7, 11) is -3.82. The van der Waals surface area contributed by atoms with E-state index in [-0.39, 0.29) is 28.9 Å². The molecule has 1 atom stereocenters. The van der Waals surface area contributed by atoms with Gasteiger partial charge in [0.05, 0.1) is 22.2 Å². The number of anilines is 1. The first-order valence-electron chi connectivity index (χ1n) is 8.71. The summed E-state index contributed by atoms with van der Waals surface area (Å²) in [5, 5.41) is 2.96. The maximum atomic E-state index is 13.4. The molecule has 0 saturated carbocycles. The number of benzene rings is 1. The molecule has 1 fully saturated rings. The Labute approximate surface area is 170 Å². The van der Waals surface area contributed by atoms with E-state index in [1.54, 1.807) is 0 Å². The zero-order valence-electron chi connectivity index (χ0n) is 14.7. The molecule has 0 bridgehead atoms. The minimum Gasteiger partial charge on any atom is -0.368 e. The highest BCUT2D eigenvalue weighted by molar-refractivity contribution is 7.89. The number of sulfonamides is 1. The highest BCUT2D eigenvalue weighted by Crippen LogP contribution is 2.32. The van der Waals surface area contributed by atoms with Gasteiger partial charge in [0, 0.05) is 24.4 Å². The van der Waals surface area contributed by atoms with Gasteiger partial charge in [0.15, 0.2) is 5.13 Å². The highest BCUT2D eigenvalue weighted by Gasteiger charge is 2.31. The summed E-state index contributed by atoms with van der Waals surface area (Å²) < 4.78 is 45.7. The Hall–Kier alpha value is -1.59. The number of ether oxygens (including phenoxy) is 1. The van der Waals surface area contributed by atoms with Crippen molar-refractivity contribution in [3.8, 4) is 0 Å². The minimum absolute atomic E-state index is 0.0567. The molecule has 11 heteroatoms. The van der Waals surface area contributed by atoms with Crippen LogP contribution in [-0.2, 0) is 32.5 Å². The van der Waals surface area contributed by atoms with E-state index in [0.29, 0.717) is 24.6 Å². The predicted molar refractivity (Wildman–Crippen MR) is 102 cm³/mol. The van der Waals surface area contributed by atoms with Gasteiger partial charge in [-0.2, -0.15) is 4.31 Å². The molecule has 2 aromatic rings. The number of hydrogen-bond acceptors (Lipinski definition) is 6. The molecule has 7 nitrogen and oxygen atoms in total. The second kappa shape index (κ2) is 7.68. The monoisotopic (exact) mass is 445 g/mol. The number of aromatic nitrogens is 1. The van der Waals surface area contributed by atoms with E-state index in [4.69, 9.17) is 16.3 Å². The molecule has 1 N–H and O–H groups in total. The molecule has 1 aromatic carbocycles. The second-order valence-electron chi connectivity index (χ2n) is 6.54. The van der Waals surface area contributed by atoms with Crippen molar-refractivity contribution in [3.05, 3.63) is 39.6 Å². The summed E-state index contributed by atoms with van der Waals surface area (Å²) in [4.78, 5) is 17.3. The zero-order valence-corrected chi connectivity index (χ0v) is 17.0. The third-order valence-electron chi connectivity index (χ3n) is 4.68. The van der Waals surface area contributed by atoms with E-state index < -0.39 is 21.9 Å². The fraction of sp³-hybridized carbons (Fsp3) is 0.412. The first kappa shape index (κ1) is 19.7. The molecule has 1 aromatic heterocycles. The summed E-state index contributed by atoms with van der Waals surface area (Å²) in [6.45, 7) is 0.958.